The molecule has 1 amide bonds. The molecule has 0 saturated carbocycles. The first-order valence-electron chi connectivity index (χ1n) is 12.2. The number of aromatic nitrogens is 1. The van der Waals surface area contributed by atoms with Gasteiger partial charge in [-0.15, -0.1) is 0 Å². The van der Waals surface area contributed by atoms with Crippen molar-refractivity contribution >= 4 is 39.0 Å². The Kier molecular flexibility index (Phi) is 6.64. The summed E-state index contributed by atoms with van der Waals surface area (Å²) in [7, 11) is 1.65. The predicted octanol–water partition coefficient (Wildman–Crippen LogP) is 7.41. The van der Waals surface area contributed by atoms with E-state index < -0.39 is 0 Å². The highest BCUT2D eigenvalue weighted by Crippen LogP contribution is 2.41. The summed E-state index contributed by atoms with van der Waals surface area (Å²) in [6.07, 6.45) is 5.08. The summed E-state index contributed by atoms with van der Waals surface area (Å²) in [5, 5.41) is 4.90. The number of anilines is 1. The number of allylic oxidation sites excluding steroid dienone is 1. The Labute approximate surface area is 215 Å². The number of ether oxygens (including phenoxy) is 2. The first kappa shape index (κ1) is 24.1. The maximum Gasteiger partial charge on any atom is 0.248 e. The molecule has 6 nitrogen and oxygen atoms in total. The minimum atomic E-state index is -0.238. The third-order valence-corrected chi connectivity index (χ3v) is 6.40. The number of aryl methyl sites for hydroxylation is 1. The standard InChI is InChI=1S/C31H28N2O4/c1-5-36-30-20(3)31-25(26(18-37-31)21-11-13-23(35-4)14-12-21)17-24(30)19(2)16-28(34)33-27-10-6-8-22-9-7-15-32-29(22)27/h6-18H,5H2,1-4H3,(H,33,34)/b19-16+. The molecule has 5 aromatic rings. The molecular weight excluding hydrogens is 464 g/mol. The number of hydrogen-bond acceptors (Lipinski definition) is 5. The number of pyridine rings is 1. The summed E-state index contributed by atoms with van der Waals surface area (Å²) in [4.78, 5) is 17.5. The number of carbonyl (C=O) groups is 1. The summed E-state index contributed by atoms with van der Waals surface area (Å²) in [5.41, 5.74) is 6.66. The molecule has 0 radical (unpaired) electrons. The number of nitrogens with zero attached hydrogens (tertiary/aromatic N) is 1. The molecule has 2 heterocycles. The number of furan rings is 1. The lowest BCUT2D eigenvalue weighted by Crippen LogP contribution is -2.09. The fraction of sp³-hybridized carbons (Fsp3) is 0.161. The molecule has 0 fully saturated rings. The summed E-state index contributed by atoms with van der Waals surface area (Å²) in [6, 6.07) is 19.5. The molecule has 0 aliphatic heterocycles. The van der Waals surface area contributed by atoms with Gasteiger partial charge in [-0.25, -0.2) is 0 Å². The fourth-order valence-electron chi connectivity index (χ4n) is 4.58. The molecule has 6 heteroatoms. The zero-order valence-corrected chi connectivity index (χ0v) is 21.3. The van der Waals surface area contributed by atoms with Crippen LogP contribution in [0.3, 0.4) is 0 Å². The topological polar surface area (TPSA) is 73.6 Å². The smallest absolute Gasteiger partial charge is 0.248 e. The highest BCUT2D eigenvalue weighted by atomic mass is 16.5. The van der Waals surface area contributed by atoms with E-state index in [1.54, 1.807) is 25.6 Å². The van der Waals surface area contributed by atoms with Crippen molar-refractivity contribution in [3.63, 3.8) is 0 Å². The third-order valence-electron chi connectivity index (χ3n) is 6.40. The molecule has 0 spiro atoms. The van der Waals surface area contributed by atoms with Gasteiger partial charge in [0.15, 0.2) is 0 Å². The molecule has 0 unspecified atom stereocenters. The zero-order chi connectivity index (χ0) is 25.9. The lowest BCUT2D eigenvalue weighted by molar-refractivity contribution is -0.111. The van der Waals surface area contributed by atoms with Crippen molar-refractivity contribution in [2.75, 3.05) is 19.0 Å². The molecule has 2 aromatic heterocycles. The van der Waals surface area contributed by atoms with E-state index in [1.807, 2.05) is 81.4 Å². The number of carbonyl (C=O) groups excluding carboxylic acids is 1. The van der Waals surface area contributed by atoms with Crippen molar-refractivity contribution in [3.05, 3.63) is 90.3 Å². The van der Waals surface area contributed by atoms with Crippen LogP contribution in [-0.2, 0) is 4.79 Å². The number of methoxy groups -OCH3 is 1. The van der Waals surface area contributed by atoms with Crippen molar-refractivity contribution < 1.29 is 18.7 Å². The largest absolute Gasteiger partial charge is 0.497 e. The first-order valence-corrected chi connectivity index (χ1v) is 12.2. The van der Waals surface area contributed by atoms with Gasteiger partial charge >= 0.3 is 0 Å². The minimum absolute atomic E-state index is 0.238. The summed E-state index contributed by atoms with van der Waals surface area (Å²) in [5.74, 6) is 1.26. The van der Waals surface area contributed by atoms with Crippen LogP contribution in [0, 0.1) is 6.92 Å². The van der Waals surface area contributed by atoms with Crippen molar-refractivity contribution in [1.82, 2.24) is 4.98 Å². The highest BCUT2D eigenvalue weighted by molar-refractivity contribution is 6.08. The Bertz CT molecular complexity index is 1630. The van der Waals surface area contributed by atoms with Crippen LogP contribution in [0.2, 0.25) is 0 Å². The van der Waals surface area contributed by atoms with Crippen LogP contribution in [-0.4, -0.2) is 24.6 Å². The van der Waals surface area contributed by atoms with Gasteiger partial charge in [-0.05, 0) is 62.2 Å². The monoisotopic (exact) mass is 492 g/mol. The quantitative estimate of drug-likeness (QED) is 0.240. The van der Waals surface area contributed by atoms with Gasteiger partial charge in [-0.2, -0.15) is 0 Å². The average Bonchev–Trinajstić information content (AvgIpc) is 3.34. The summed E-state index contributed by atoms with van der Waals surface area (Å²) < 4.78 is 17.3. The Morgan fingerprint density at radius 1 is 1.11 bits per heavy atom. The molecule has 0 aliphatic carbocycles. The van der Waals surface area contributed by atoms with E-state index >= 15 is 0 Å². The van der Waals surface area contributed by atoms with Crippen LogP contribution in [0.4, 0.5) is 5.69 Å². The first-order chi connectivity index (χ1) is 18.0. The van der Waals surface area contributed by atoms with E-state index in [-0.39, 0.29) is 5.91 Å². The second kappa shape index (κ2) is 10.2. The van der Waals surface area contributed by atoms with E-state index in [2.05, 4.69) is 10.3 Å². The van der Waals surface area contributed by atoms with Crippen molar-refractivity contribution in [1.29, 1.82) is 0 Å². The Morgan fingerprint density at radius 2 is 1.89 bits per heavy atom. The Balaban J connectivity index is 1.55. The molecule has 0 bridgehead atoms. The van der Waals surface area contributed by atoms with Crippen molar-refractivity contribution in [2.45, 2.75) is 20.8 Å². The van der Waals surface area contributed by atoms with E-state index in [9.17, 15) is 4.79 Å². The van der Waals surface area contributed by atoms with Gasteiger partial charge in [0.25, 0.3) is 0 Å². The van der Waals surface area contributed by atoms with Gasteiger partial charge in [0.05, 0.1) is 31.2 Å². The van der Waals surface area contributed by atoms with Crippen LogP contribution < -0.4 is 14.8 Å². The van der Waals surface area contributed by atoms with E-state index in [0.29, 0.717) is 18.0 Å². The molecule has 0 atom stereocenters. The minimum Gasteiger partial charge on any atom is -0.497 e. The zero-order valence-electron chi connectivity index (χ0n) is 21.3. The molecule has 186 valence electrons. The molecule has 1 N–H and O–H groups in total. The van der Waals surface area contributed by atoms with Crippen LogP contribution >= 0.6 is 0 Å². The molecule has 3 aromatic carbocycles. The van der Waals surface area contributed by atoms with Gasteiger partial charge < -0.3 is 19.2 Å². The number of amides is 1. The fourth-order valence-corrected chi connectivity index (χ4v) is 4.58. The van der Waals surface area contributed by atoms with Gasteiger partial charge in [-0.3, -0.25) is 9.78 Å². The third kappa shape index (κ3) is 4.66. The lowest BCUT2D eigenvalue weighted by Gasteiger charge is -2.15. The van der Waals surface area contributed by atoms with Crippen molar-refractivity contribution in [3.8, 4) is 22.6 Å². The number of hydrogen-bond donors (Lipinski definition) is 1. The maximum atomic E-state index is 13.1. The van der Waals surface area contributed by atoms with Crippen LogP contribution in [0.15, 0.2) is 83.6 Å². The van der Waals surface area contributed by atoms with Crippen LogP contribution in [0.1, 0.15) is 25.0 Å². The predicted molar refractivity (Wildman–Crippen MR) is 148 cm³/mol. The van der Waals surface area contributed by atoms with Crippen LogP contribution in [0.5, 0.6) is 11.5 Å². The lowest BCUT2D eigenvalue weighted by atomic mass is 9.96. The maximum absolute atomic E-state index is 13.1. The number of para-hydroxylation sites is 1. The average molecular weight is 493 g/mol. The Hall–Kier alpha value is -4.58. The number of benzene rings is 3. The molecule has 0 aliphatic rings. The number of nitrogens with one attached hydrogen (secondary N) is 1. The SMILES string of the molecule is CCOc1c(/C(C)=C/C(=O)Nc2cccc3cccnc23)cc2c(-c3ccc(OC)cc3)coc2c1C. The Morgan fingerprint density at radius 3 is 2.65 bits per heavy atom. The highest BCUT2D eigenvalue weighted by Gasteiger charge is 2.19. The molecule has 5 rings (SSSR count). The number of rotatable bonds is 7. The second-order valence-corrected chi connectivity index (χ2v) is 8.76. The van der Waals surface area contributed by atoms with E-state index in [0.717, 1.165) is 55.4 Å². The summed E-state index contributed by atoms with van der Waals surface area (Å²) in [6.45, 7) is 6.33. The van der Waals surface area contributed by atoms with E-state index in [4.69, 9.17) is 13.9 Å². The summed E-state index contributed by atoms with van der Waals surface area (Å²) >= 11 is 0. The molecular formula is C31H28N2O4. The van der Waals surface area contributed by atoms with Gasteiger partial charge in [0.2, 0.25) is 5.91 Å². The number of fused-ring (bicyclic) bond motifs is 2. The molecule has 0 saturated heterocycles. The van der Waals surface area contributed by atoms with E-state index in [1.165, 1.54) is 0 Å². The van der Waals surface area contributed by atoms with Crippen molar-refractivity contribution in [2.24, 2.45) is 0 Å². The molecule has 37 heavy (non-hydrogen) atoms. The van der Waals surface area contributed by atoms with Gasteiger partial charge in [0, 0.05) is 39.7 Å². The van der Waals surface area contributed by atoms with Crippen LogP contribution in [0.25, 0.3) is 38.6 Å². The second-order valence-electron chi connectivity index (χ2n) is 8.76. The van der Waals surface area contributed by atoms with Gasteiger partial charge in [-0.1, -0.05) is 30.3 Å². The normalized spacial score (nSPS) is 11.6. The van der Waals surface area contributed by atoms with Gasteiger partial charge in [0.1, 0.15) is 17.1 Å².